The Hall–Kier alpha value is -0.250. The molecule has 8 unspecified atom stereocenters. The Kier molecular flexibility index (Phi) is 4.25. The maximum atomic E-state index is 13.3. The monoisotopic (exact) mass is 384 g/mol. The molecule has 5 fully saturated rings. The Balaban J connectivity index is 1.34. The molecule has 0 radical (unpaired) electrons. The van der Waals surface area contributed by atoms with Crippen LogP contribution in [0.4, 0.5) is 13.2 Å². The van der Waals surface area contributed by atoms with Crippen LogP contribution in [0.25, 0.3) is 0 Å². The second-order valence-electron chi connectivity index (χ2n) is 11.2. The lowest BCUT2D eigenvalue weighted by molar-refractivity contribution is -0.208. The summed E-state index contributed by atoms with van der Waals surface area (Å²) in [4.78, 5) is 0. The van der Waals surface area contributed by atoms with Gasteiger partial charge in [0.15, 0.2) is 0 Å². The number of fused-ring (bicyclic) bond motifs is 5. The number of halogens is 3. The Labute approximate surface area is 161 Å². The summed E-state index contributed by atoms with van der Waals surface area (Å²) in [5.74, 6) is 2.29. The van der Waals surface area contributed by atoms with Crippen molar-refractivity contribution in [2.45, 2.75) is 90.3 Å². The lowest BCUT2D eigenvalue weighted by Gasteiger charge is -2.61. The van der Waals surface area contributed by atoms with Crippen molar-refractivity contribution >= 4 is 0 Å². The van der Waals surface area contributed by atoms with Crippen LogP contribution in [-0.2, 0) is 4.74 Å². The minimum Gasteiger partial charge on any atom is -0.373 e. The van der Waals surface area contributed by atoms with Gasteiger partial charge >= 0.3 is 6.18 Å². The lowest BCUT2D eigenvalue weighted by atomic mass is 9.44. The van der Waals surface area contributed by atoms with E-state index in [1.807, 2.05) is 0 Å². The predicted octanol–water partition coefficient (Wildman–Crippen LogP) is 6.61. The quantitative estimate of drug-likeness (QED) is 0.488. The van der Waals surface area contributed by atoms with Gasteiger partial charge in [0.1, 0.15) is 0 Å². The molecule has 0 aromatic rings. The van der Waals surface area contributed by atoms with E-state index < -0.39 is 12.1 Å². The molecule has 0 aromatic heterocycles. The van der Waals surface area contributed by atoms with Gasteiger partial charge in [-0.3, -0.25) is 0 Å². The first kappa shape index (κ1) is 18.8. The summed E-state index contributed by atoms with van der Waals surface area (Å²) in [7, 11) is 0. The summed E-state index contributed by atoms with van der Waals surface area (Å²) in [6.07, 6.45) is 6.79. The van der Waals surface area contributed by atoms with Crippen LogP contribution < -0.4 is 0 Å². The fourth-order valence-electron chi connectivity index (χ4n) is 8.57. The van der Waals surface area contributed by atoms with E-state index in [0.29, 0.717) is 36.2 Å². The standard InChI is InChI=1S/C23H35F3O/c1-21-9-7-16(23(24,25)26)11-14(21)3-5-18-19-6-4-15(12-17-13-27-17)22(19,2)10-8-20(18)21/h14-20H,3-13H2,1-2H3/t14?,15?,16-,17?,18?,19?,20?,21?,22?/m0/s1. The molecule has 0 N–H and O–H groups in total. The smallest absolute Gasteiger partial charge is 0.373 e. The van der Waals surface area contributed by atoms with Gasteiger partial charge in [-0.2, -0.15) is 13.2 Å². The highest BCUT2D eigenvalue weighted by Gasteiger charge is 2.61. The molecule has 1 heterocycles. The van der Waals surface area contributed by atoms with Crippen LogP contribution in [0.15, 0.2) is 0 Å². The molecule has 4 aliphatic carbocycles. The van der Waals surface area contributed by atoms with Gasteiger partial charge in [-0.1, -0.05) is 13.8 Å². The highest BCUT2D eigenvalue weighted by atomic mass is 19.4. The van der Waals surface area contributed by atoms with Gasteiger partial charge in [0.2, 0.25) is 0 Å². The number of epoxide rings is 1. The Morgan fingerprint density at radius 1 is 0.889 bits per heavy atom. The van der Waals surface area contributed by atoms with Gasteiger partial charge in [-0.05, 0) is 105 Å². The average Bonchev–Trinajstić information content (AvgIpc) is 3.35. The Morgan fingerprint density at radius 3 is 2.30 bits per heavy atom. The molecule has 4 saturated carbocycles. The molecule has 27 heavy (non-hydrogen) atoms. The van der Waals surface area contributed by atoms with Gasteiger partial charge in [-0.15, -0.1) is 0 Å². The van der Waals surface area contributed by atoms with Crippen molar-refractivity contribution in [3.05, 3.63) is 0 Å². The molecule has 4 heteroatoms. The number of ether oxygens (including phenoxy) is 1. The molecule has 5 rings (SSSR count). The molecule has 1 aliphatic heterocycles. The van der Waals surface area contributed by atoms with E-state index >= 15 is 0 Å². The van der Waals surface area contributed by atoms with Gasteiger partial charge < -0.3 is 4.74 Å². The normalized spacial score (nSPS) is 54.8. The first-order chi connectivity index (χ1) is 12.7. The van der Waals surface area contributed by atoms with Crippen LogP contribution in [0, 0.1) is 46.3 Å². The molecule has 1 saturated heterocycles. The zero-order chi connectivity index (χ0) is 19.0. The van der Waals surface area contributed by atoms with Gasteiger partial charge in [0, 0.05) is 0 Å². The molecule has 5 aliphatic rings. The van der Waals surface area contributed by atoms with Crippen molar-refractivity contribution in [1.29, 1.82) is 0 Å². The first-order valence-electron chi connectivity index (χ1n) is 11.4. The summed E-state index contributed by atoms with van der Waals surface area (Å²) in [5, 5.41) is 0. The second kappa shape index (κ2) is 6.12. The van der Waals surface area contributed by atoms with Crippen LogP contribution in [0.3, 0.4) is 0 Å². The van der Waals surface area contributed by atoms with E-state index in [2.05, 4.69) is 13.8 Å². The minimum absolute atomic E-state index is 0.156. The summed E-state index contributed by atoms with van der Waals surface area (Å²) in [5.41, 5.74) is 0.614. The number of hydrogen-bond donors (Lipinski definition) is 0. The zero-order valence-corrected chi connectivity index (χ0v) is 16.9. The first-order valence-corrected chi connectivity index (χ1v) is 11.4. The van der Waals surface area contributed by atoms with E-state index in [-0.39, 0.29) is 5.41 Å². The van der Waals surface area contributed by atoms with Crippen molar-refractivity contribution in [2.24, 2.45) is 46.3 Å². The lowest BCUT2D eigenvalue weighted by Crippen LogP contribution is -2.54. The van der Waals surface area contributed by atoms with Gasteiger partial charge in [-0.25, -0.2) is 0 Å². The summed E-state index contributed by atoms with van der Waals surface area (Å²) in [6.45, 7) is 5.88. The third kappa shape index (κ3) is 2.90. The molecule has 1 nitrogen and oxygen atoms in total. The highest BCUT2D eigenvalue weighted by molar-refractivity contribution is 5.09. The fourth-order valence-corrected chi connectivity index (χ4v) is 8.57. The number of hydrogen-bond acceptors (Lipinski definition) is 1. The van der Waals surface area contributed by atoms with Crippen molar-refractivity contribution in [1.82, 2.24) is 0 Å². The minimum atomic E-state index is -3.99. The number of alkyl halides is 3. The molecule has 0 bridgehead atoms. The van der Waals surface area contributed by atoms with Crippen molar-refractivity contribution < 1.29 is 17.9 Å². The number of rotatable bonds is 2. The van der Waals surface area contributed by atoms with E-state index in [9.17, 15) is 13.2 Å². The van der Waals surface area contributed by atoms with Crippen LogP contribution in [0.5, 0.6) is 0 Å². The molecule has 0 aromatic carbocycles. The molecule has 0 amide bonds. The van der Waals surface area contributed by atoms with Gasteiger partial charge in [0.25, 0.3) is 0 Å². The van der Waals surface area contributed by atoms with Crippen LogP contribution in [-0.4, -0.2) is 18.9 Å². The maximum absolute atomic E-state index is 13.3. The van der Waals surface area contributed by atoms with E-state index in [1.165, 1.54) is 38.5 Å². The average molecular weight is 385 g/mol. The van der Waals surface area contributed by atoms with Gasteiger partial charge in [0.05, 0.1) is 18.6 Å². The fraction of sp³-hybridized carbons (Fsp3) is 1.00. The second-order valence-corrected chi connectivity index (χ2v) is 11.2. The maximum Gasteiger partial charge on any atom is 0.391 e. The van der Waals surface area contributed by atoms with Crippen molar-refractivity contribution in [3.63, 3.8) is 0 Å². The zero-order valence-electron chi connectivity index (χ0n) is 16.9. The topological polar surface area (TPSA) is 12.5 Å². The predicted molar refractivity (Wildman–Crippen MR) is 99.1 cm³/mol. The van der Waals surface area contributed by atoms with E-state index in [1.54, 1.807) is 0 Å². The Bertz CT molecular complexity index is 585. The largest absolute Gasteiger partial charge is 0.391 e. The summed E-state index contributed by atoms with van der Waals surface area (Å²) in [6, 6.07) is 0. The van der Waals surface area contributed by atoms with Crippen molar-refractivity contribution in [3.8, 4) is 0 Å². The van der Waals surface area contributed by atoms with Crippen LogP contribution in [0.1, 0.15) is 78.1 Å². The molecule has 9 atom stereocenters. The van der Waals surface area contributed by atoms with E-state index in [4.69, 9.17) is 4.74 Å². The molecule has 0 spiro atoms. The summed E-state index contributed by atoms with van der Waals surface area (Å²) >= 11 is 0. The van der Waals surface area contributed by atoms with Crippen molar-refractivity contribution in [2.75, 3.05) is 6.61 Å². The van der Waals surface area contributed by atoms with E-state index in [0.717, 1.165) is 37.2 Å². The Morgan fingerprint density at radius 2 is 1.59 bits per heavy atom. The highest BCUT2D eigenvalue weighted by Crippen LogP contribution is 2.68. The SMILES string of the molecule is CC12CCC3C(CCC4C[C@@H](C(F)(F)F)CCC43C)C1CCC2CC1CO1. The third-order valence-corrected chi connectivity index (χ3v) is 10.3. The molecule has 154 valence electrons. The van der Waals surface area contributed by atoms with Crippen LogP contribution in [0.2, 0.25) is 0 Å². The summed E-state index contributed by atoms with van der Waals surface area (Å²) < 4.78 is 45.5. The molecular weight excluding hydrogens is 349 g/mol. The molecular formula is C23H35F3O. The van der Waals surface area contributed by atoms with Crippen LogP contribution >= 0.6 is 0 Å². The third-order valence-electron chi connectivity index (χ3n) is 10.3.